The molecule has 5 rings (SSSR count). The predicted molar refractivity (Wildman–Crippen MR) is 140 cm³/mol. The summed E-state index contributed by atoms with van der Waals surface area (Å²) in [6.07, 6.45) is 1.83. The summed E-state index contributed by atoms with van der Waals surface area (Å²) in [6, 6.07) is 19.5. The molecule has 0 aliphatic carbocycles. The topological polar surface area (TPSA) is 43.9 Å². The third-order valence-electron chi connectivity index (χ3n) is 6.21. The molecule has 2 heterocycles. The van der Waals surface area contributed by atoms with Crippen molar-refractivity contribution in [1.82, 2.24) is 4.90 Å². The Labute approximate surface area is 212 Å². The highest BCUT2D eigenvalue weighted by molar-refractivity contribution is 8.04. The number of benzene rings is 3. The maximum absolute atomic E-state index is 14.1. The van der Waals surface area contributed by atoms with E-state index in [2.05, 4.69) is 0 Å². The van der Waals surface area contributed by atoms with E-state index in [0.29, 0.717) is 53.0 Å². The van der Waals surface area contributed by atoms with Crippen molar-refractivity contribution in [3.05, 3.63) is 93.6 Å². The maximum atomic E-state index is 14.1. The van der Waals surface area contributed by atoms with Crippen LogP contribution in [0.4, 0.5) is 15.8 Å². The molecule has 8 heteroatoms. The molecule has 3 aromatic rings. The lowest BCUT2D eigenvalue weighted by Gasteiger charge is -2.36. The summed E-state index contributed by atoms with van der Waals surface area (Å²) in [5, 5.41) is 0.610. The predicted octanol–water partition coefficient (Wildman–Crippen LogP) is 5.55. The summed E-state index contributed by atoms with van der Waals surface area (Å²) < 4.78 is 14.1. The molecule has 3 aromatic carbocycles. The van der Waals surface area contributed by atoms with Crippen molar-refractivity contribution in [3.8, 4) is 0 Å². The molecule has 1 fully saturated rings. The second-order valence-electron chi connectivity index (χ2n) is 8.44. The number of amides is 2. The number of halogens is 2. The van der Waals surface area contributed by atoms with Crippen LogP contribution in [0.3, 0.4) is 0 Å². The number of rotatable bonds is 3. The minimum absolute atomic E-state index is 0.0906. The fourth-order valence-electron chi connectivity index (χ4n) is 4.32. The number of nitrogens with zero attached hydrogens (tertiary/aromatic N) is 3. The van der Waals surface area contributed by atoms with Gasteiger partial charge in [-0.2, -0.15) is 0 Å². The number of anilines is 2. The van der Waals surface area contributed by atoms with Gasteiger partial charge in [-0.05, 0) is 54.1 Å². The zero-order chi connectivity index (χ0) is 24.5. The standard InChI is InChI=1S/C27H23ClFN3O2S/c1-30-23-17-19(26(33)32-13-11-31(12-14-32)22-8-3-2-7-21(22)29)9-10-24(23)35-25(27(30)34)16-18-5-4-6-20(28)15-18/h2-10,15-17H,11-14H2,1H3. The smallest absolute Gasteiger partial charge is 0.264 e. The normalized spacial score (nSPS) is 17.1. The first-order valence-corrected chi connectivity index (χ1v) is 12.5. The Morgan fingerprint density at radius 2 is 1.74 bits per heavy atom. The first-order chi connectivity index (χ1) is 16.9. The molecule has 0 atom stereocenters. The molecular weight excluding hydrogens is 485 g/mol. The van der Waals surface area contributed by atoms with E-state index in [0.717, 1.165) is 10.5 Å². The fraction of sp³-hybridized carbons (Fsp3) is 0.185. The molecule has 0 bridgehead atoms. The first-order valence-electron chi connectivity index (χ1n) is 11.3. The number of piperazine rings is 1. The number of para-hydroxylation sites is 1. The lowest BCUT2D eigenvalue weighted by Crippen LogP contribution is -2.49. The van der Waals surface area contributed by atoms with Crippen LogP contribution in [0.15, 0.2) is 76.5 Å². The van der Waals surface area contributed by atoms with Crippen LogP contribution in [0.25, 0.3) is 6.08 Å². The molecule has 0 aromatic heterocycles. The van der Waals surface area contributed by atoms with Gasteiger partial charge in [0, 0.05) is 48.7 Å². The van der Waals surface area contributed by atoms with E-state index in [4.69, 9.17) is 11.6 Å². The van der Waals surface area contributed by atoms with Crippen LogP contribution in [-0.2, 0) is 4.79 Å². The minimum Gasteiger partial charge on any atom is -0.366 e. The lowest BCUT2D eigenvalue weighted by molar-refractivity contribution is -0.114. The number of thioether (sulfide) groups is 1. The quantitative estimate of drug-likeness (QED) is 0.436. The van der Waals surface area contributed by atoms with Crippen LogP contribution < -0.4 is 9.80 Å². The second kappa shape index (κ2) is 9.76. The van der Waals surface area contributed by atoms with Crippen LogP contribution in [-0.4, -0.2) is 49.9 Å². The third-order valence-corrected chi connectivity index (χ3v) is 7.52. The first kappa shape index (κ1) is 23.5. The molecule has 178 valence electrons. The number of hydrogen-bond donors (Lipinski definition) is 0. The van der Waals surface area contributed by atoms with Gasteiger partial charge in [0.05, 0.1) is 16.3 Å². The van der Waals surface area contributed by atoms with Gasteiger partial charge in [0.2, 0.25) is 0 Å². The number of hydrogen-bond acceptors (Lipinski definition) is 4. The Bertz CT molecular complexity index is 1340. The van der Waals surface area contributed by atoms with Crippen LogP contribution >= 0.6 is 23.4 Å². The Hall–Kier alpha value is -3.29. The van der Waals surface area contributed by atoms with Crippen molar-refractivity contribution in [2.75, 3.05) is 43.0 Å². The molecule has 5 nitrogen and oxygen atoms in total. The Morgan fingerprint density at radius 3 is 2.49 bits per heavy atom. The van der Waals surface area contributed by atoms with Crippen molar-refractivity contribution in [2.45, 2.75) is 4.90 Å². The average Bonchev–Trinajstić information content (AvgIpc) is 2.87. The SMILES string of the molecule is CN1C(=O)C(=Cc2cccc(Cl)c2)Sc2ccc(C(=O)N3CCN(c4ccccc4F)CC3)cc21. The van der Waals surface area contributed by atoms with E-state index in [1.165, 1.54) is 17.8 Å². The van der Waals surface area contributed by atoms with Crippen molar-refractivity contribution in [2.24, 2.45) is 0 Å². The lowest BCUT2D eigenvalue weighted by atomic mass is 10.1. The minimum atomic E-state index is -0.254. The van der Waals surface area contributed by atoms with Crippen molar-refractivity contribution >= 4 is 52.6 Å². The zero-order valence-corrected chi connectivity index (χ0v) is 20.7. The van der Waals surface area contributed by atoms with Crippen LogP contribution in [0.1, 0.15) is 15.9 Å². The van der Waals surface area contributed by atoms with E-state index >= 15 is 0 Å². The highest BCUT2D eigenvalue weighted by atomic mass is 35.5. The molecule has 2 aliphatic rings. The summed E-state index contributed by atoms with van der Waals surface area (Å²) in [5.74, 6) is -0.478. The van der Waals surface area contributed by atoms with Gasteiger partial charge in [-0.3, -0.25) is 9.59 Å². The van der Waals surface area contributed by atoms with Gasteiger partial charge in [-0.15, -0.1) is 0 Å². The summed E-state index contributed by atoms with van der Waals surface area (Å²) in [6.45, 7) is 2.12. The van der Waals surface area contributed by atoms with Gasteiger partial charge < -0.3 is 14.7 Å². The average molecular weight is 508 g/mol. The number of carbonyl (C=O) groups is 2. The summed E-state index contributed by atoms with van der Waals surface area (Å²) in [5.41, 5.74) is 2.66. The van der Waals surface area contributed by atoms with Crippen molar-refractivity contribution in [3.63, 3.8) is 0 Å². The van der Waals surface area contributed by atoms with Gasteiger partial charge in [0.15, 0.2) is 0 Å². The van der Waals surface area contributed by atoms with E-state index in [-0.39, 0.29) is 17.6 Å². The molecule has 0 N–H and O–H groups in total. The van der Waals surface area contributed by atoms with Crippen LogP contribution in [0.5, 0.6) is 0 Å². The molecular formula is C27H23ClFN3O2S. The molecule has 35 heavy (non-hydrogen) atoms. The number of fused-ring (bicyclic) bond motifs is 1. The summed E-state index contributed by atoms with van der Waals surface area (Å²) in [4.78, 5) is 33.1. The largest absolute Gasteiger partial charge is 0.366 e. The van der Waals surface area contributed by atoms with Gasteiger partial charge in [-0.1, -0.05) is 47.6 Å². The number of likely N-dealkylation sites (N-methyl/N-ethyl adjacent to an activating group) is 1. The van der Waals surface area contributed by atoms with E-state index in [1.54, 1.807) is 47.2 Å². The molecule has 0 radical (unpaired) electrons. The molecule has 0 saturated carbocycles. The zero-order valence-electron chi connectivity index (χ0n) is 19.1. The highest BCUT2D eigenvalue weighted by Gasteiger charge is 2.29. The van der Waals surface area contributed by atoms with Gasteiger partial charge in [-0.25, -0.2) is 4.39 Å². The Kier molecular flexibility index (Phi) is 6.54. The fourth-order valence-corrected chi connectivity index (χ4v) is 5.61. The summed E-state index contributed by atoms with van der Waals surface area (Å²) in [7, 11) is 1.72. The maximum Gasteiger partial charge on any atom is 0.264 e. The van der Waals surface area contributed by atoms with Gasteiger partial charge in [0.25, 0.3) is 11.8 Å². The second-order valence-corrected chi connectivity index (χ2v) is 9.96. The monoisotopic (exact) mass is 507 g/mol. The van der Waals surface area contributed by atoms with Gasteiger partial charge >= 0.3 is 0 Å². The van der Waals surface area contributed by atoms with Crippen molar-refractivity contribution in [1.29, 1.82) is 0 Å². The molecule has 1 saturated heterocycles. The van der Waals surface area contributed by atoms with E-state index in [9.17, 15) is 14.0 Å². The molecule has 0 spiro atoms. The van der Waals surface area contributed by atoms with Crippen LogP contribution in [0, 0.1) is 5.82 Å². The highest BCUT2D eigenvalue weighted by Crippen LogP contribution is 2.42. The summed E-state index contributed by atoms with van der Waals surface area (Å²) >= 11 is 7.46. The Morgan fingerprint density at radius 1 is 0.971 bits per heavy atom. The Balaban J connectivity index is 1.32. The van der Waals surface area contributed by atoms with Crippen LogP contribution in [0.2, 0.25) is 5.02 Å². The molecule has 2 aliphatic heterocycles. The number of carbonyl (C=O) groups excluding carboxylic acids is 2. The molecule has 2 amide bonds. The van der Waals surface area contributed by atoms with Gasteiger partial charge in [0.1, 0.15) is 5.82 Å². The van der Waals surface area contributed by atoms with E-state index < -0.39 is 0 Å². The molecule has 0 unspecified atom stereocenters. The van der Waals surface area contributed by atoms with Crippen molar-refractivity contribution < 1.29 is 14.0 Å². The third kappa shape index (κ3) is 4.79. The van der Waals surface area contributed by atoms with E-state index in [1.807, 2.05) is 41.3 Å².